The number of hydrogen-bond donors (Lipinski definition) is 0. The second-order valence-corrected chi connectivity index (χ2v) is 2.63. The van der Waals surface area contributed by atoms with E-state index in [-0.39, 0.29) is 0 Å². The van der Waals surface area contributed by atoms with Gasteiger partial charge >= 0.3 is 0 Å². The van der Waals surface area contributed by atoms with E-state index in [9.17, 15) is 0 Å². The minimum absolute atomic E-state index is 0.309. The molecule has 0 aromatic heterocycles. The molecule has 0 heterocycles. The first-order chi connectivity index (χ1) is 4.18. The molecule has 0 saturated heterocycles. The van der Waals surface area contributed by atoms with Gasteiger partial charge in [0, 0.05) is 6.61 Å². The Morgan fingerprint density at radius 3 is 2.33 bits per heavy atom. The molecule has 0 bridgehead atoms. The molecule has 0 N–H and O–H groups in total. The average molecular weight is 169 g/mol. The largest absolute Gasteiger partial charge is 0.377 e. The molecule has 1 nitrogen and oxygen atoms in total. The molecule has 9 heavy (non-hydrogen) atoms. The highest BCUT2D eigenvalue weighted by Gasteiger charge is 1.93. The van der Waals surface area contributed by atoms with E-state index in [1.807, 2.05) is 13.8 Å². The van der Waals surface area contributed by atoms with Gasteiger partial charge in [0.15, 0.2) is 0 Å². The lowest BCUT2D eigenvalue weighted by Crippen LogP contribution is -1.94. The summed E-state index contributed by atoms with van der Waals surface area (Å²) in [5, 5.41) is 0. The molecular weight excluding hydrogens is 159 g/mol. The van der Waals surface area contributed by atoms with E-state index in [2.05, 4.69) is 0 Å². The Balaban J connectivity index is 3.50. The van der Waals surface area contributed by atoms with Crippen molar-refractivity contribution in [3.8, 4) is 0 Å². The SMILES string of the molecule is CCOCC(C)=C(Cl)Cl. The summed E-state index contributed by atoms with van der Waals surface area (Å²) in [4.78, 5) is 0. The van der Waals surface area contributed by atoms with Gasteiger partial charge in [0.25, 0.3) is 0 Å². The third-order valence-corrected chi connectivity index (χ3v) is 1.49. The van der Waals surface area contributed by atoms with E-state index in [4.69, 9.17) is 27.9 Å². The summed E-state index contributed by atoms with van der Waals surface area (Å²) in [7, 11) is 0. The van der Waals surface area contributed by atoms with Crippen molar-refractivity contribution in [1.29, 1.82) is 0 Å². The standard InChI is InChI=1S/C6H10Cl2O/c1-3-9-4-5(2)6(7)8/h3-4H2,1-2H3. The van der Waals surface area contributed by atoms with Crippen LogP contribution in [0.4, 0.5) is 0 Å². The highest BCUT2D eigenvalue weighted by molar-refractivity contribution is 6.56. The minimum Gasteiger partial charge on any atom is -0.377 e. The summed E-state index contributed by atoms with van der Waals surface area (Å²) in [6.07, 6.45) is 0. The van der Waals surface area contributed by atoms with E-state index in [0.29, 0.717) is 17.7 Å². The number of hydrogen-bond acceptors (Lipinski definition) is 1. The molecule has 0 rings (SSSR count). The molecule has 0 saturated carbocycles. The number of halogens is 2. The minimum atomic E-state index is 0.309. The molecule has 0 aromatic carbocycles. The second kappa shape index (κ2) is 5.10. The molecule has 0 aliphatic carbocycles. The summed E-state index contributed by atoms with van der Waals surface area (Å²) in [6.45, 7) is 4.98. The Labute approximate surface area is 65.6 Å². The first-order valence-electron chi connectivity index (χ1n) is 2.77. The van der Waals surface area contributed by atoms with Crippen molar-refractivity contribution < 1.29 is 4.74 Å². The second-order valence-electron chi connectivity index (χ2n) is 1.68. The van der Waals surface area contributed by atoms with Gasteiger partial charge in [-0.15, -0.1) is 0 Å². The van der Waals surface area contributed by atoms with Crippen LogP contribution < -0.4 is 0 Å². The molecule has 0 atom stereocenters. The fourth-order valence-corrected chi connectivity index (χ4v) is 0.419. The Hall–Kier alpha value is 0.280. The van der Waals surface area contributed by atoms with Crippen LogP contribution in [-0.4, -0.2) is 13.2 Å². The van der Waals surface area contributed by atoms with Gasteiger partial charge in [-0.05, 0) is 19.4 Å². The molecule has 0 radical (unpaired) electrons. The fraction of sp³-hybridized carbons (Fsp3) is 0.667. The van der Waals surface area contributed by atoms with E-state index in [0.717, 1.165) is 5.57 Å². The molecule has 0 aliphatic heterocycles. The highest BCUT2D eigenvalue weighted by atomic mass is 35.5. The van der Waals surface area contributed by atoms with Crippen LogP contribution in [-0.2, 0) is 4.74 Å². The van der Waals surface area contributed by atoms with E-state index >= 15 is 0 Å². The Morgan fingerprint density at radius 2 is 2.00 bits per heavy atom. The first kappa shape index (κ1) is 9.28. The Bertz CT molecular complexity index is 106. The summed E-state index contributed by atoms with van der Waals surface area (Å²) in [6, 6.07) is 0. The third-order valence-electron chi connectivity index (χ3n) is 0.845. The predicted octanol–water partition coefficient (Wildman–Crippen LogP) is 2.73. The van der Waals surface area contributed by atoms with Crippen LogP contribution >= 0.6 is 23.2 Å². The topological polar surface area (TPSA) is 9.23 Å². The molecule has 0 amide bonds. The van der Waals surface area contributed by atoms with Crippen LogP contribution in [0.1, 0.15) is 13.8 Å². The van der Waals surface area contributed by atoms with Crippen LogP contribution in [0.15, 0.2) is 10.1 Å². The van der Waals surface area contributed by atoms with Crippen LogP contribution in [0.25, 0.3) is 0 Å². The monoisotopic (exact) mass is 168 g/mol. The third kappa shape index (κ3) is 4.76. The van der Waals surface area contributed by atoms with Crippen molar-refractivity contribution in [1.82, 2.24) is 0 Å². The van der Waals surface area contributed by atoms with Gasteiger partial charge in [-0.3, -0.25) is 0 Å². The van der Waals surface area contributed by atoms with Crippen molar-refractivity contribution in [3.63, 3.8) is 0 Å². The van der Waals surface area contributed by atoms with Gasteiger partial charge in [-0.25, -0.2) is 0 Å². The van der Waals surface area contributed by atoms with Gasteiger partial charge in [-0.2, -0.15) is 0 Å². The first-order valence-corrected chi connectivity index (χ1v) is 3.52. The van der Waals surface area contributed by atoms with Gasteiger partial charge in [-0.1, -0.05) is 23.2 Å². The predicted molar refractivity (Wildman–Crippen MR) is 40.9 cm³/mol. The Kier molecular flexibility index (Phi) is 5.25. The molecule has 0 aromatic rings. The van der Waals surface area contributed by atoms with Gasteiger partial charge < -0.3 is 4.74 Å². The normalized spacial score (nSPS) is 9.33. The van der Waals surface area contributed by atoms with Gasteiger partial charge in [0.1, 0.15) is 4.49 Å². The van der Waals surface area contributed by atoms with Crippen LogP contribution in [0.3, 0.4) is 0 Å². The molecule has 0 aliphatic rings. The van der Waals surface area contributed by atoms with E-state index < -0.39 is 0 Å². The maximum Gasteiger partial charge on any atom is 0.108 e. The summed E-state index contributed by atoms with van der Waals surface area (Å²) in [5.41, 5.74) is 0.875. The zero-order chi connectivity index (χ0) is 7.28. The lowest BCUT2D eigenvalue weighted by Gasteiger charge is -1.99. The van der Waals surface area contributed by atoms with Crippen molar-refractivity contribution in [3.05, 3.63) is 10.1 Å². The van der Waals surface area contributed by atoms with Crippen LogP contribution in [0, 0.1) is 0 Å². The number of rotatable bonds is 3. The zero-order valence-corrected chi connectivity index (χ0v) is 7.09. The van der Waals surface area contributed by atoms with Gasteiger partial charge in [0.05, 0.1) is 6.61 Å². The van der Waals surface area contributed by atoms with Crippen molar-refractivity contribution in [2.75, 3.05) is 13.2 Å². The summed E-state index contributed by atoms with van der Waals surface area (Å²) < 4.78 is 5.34. The fourth-order valence-electron chi connectivity index (χ4n) is 0.310. The summed E-state index contributed by atoms with van der Waals surface area (Å²) >= 11 is 10.9. The number of ether oxygens (including phenoxy) is 1. The van der Waals surface area contributed by atoms with Gasteiger partial charge in [0.2, 0.25) is 0 Å². The lowest BCUT2D eigenvalue weighted by molar-refractivity contribution is 0.171. The molecular formula is C6H10Cl2O. The average Bonchev–Trinajstić information content (AvgIpc) is 1.82. The molecule has 0 spiro atoms. The van der Waals surface area contributed by atoms with Crippen LogP contribution in [0.2, 0.25) is 0 Å². The van der Waals surface area contributed by atoms with Crippen molar-refractivity contribution in [2.24, 2.45) is 0 Å². The molecule has 0 fully saturated rings. The Morgan fingerprint density at radius 1 is 1.44 bits per heavy atom. The maximum atomic E-state index is 5.43. The van der Waals surface area contributed by atoms with Crippen LogP contribution in [0.5, 0.6) is 0 Å². The maximum absolute atomic E-state index is 5.43. The van der Waals surface area contributed by atoms with E-state index in [1.165, 1.54) is 0 Å². The summed E-state index contributed by atoms with van der Waals surface area (Å²) in [5.74, 6) is 0. The molecule has 54 valence electrons. The highest BCUT2D eigenvalue weighted by Crippen LogP contribution is 2.13. The van der Waals surface area contributed by atoms with Crippen molar-refractivity contribution >= 4 is 23.2 Å². The quantitative estimate of drug-likeness (QED) is 0.631. The molecule has 0 unspecified atom stereocenters. The molecule has 3 heteroatoms. The zero-order valence-electron chi connectivity index (χ0n) is 5.58. The van der Waals surface area contributed by atoms with Crippen molar-refractivity contribution in [2.45, 2.75) is 13.8 Å². The lowest BCUT2D eigenvalue weighted by atomic mass is 10.4. The smallest absolute Gasteiger partial charge is 0.108 e. The van der Waals surface area contributed by atoms with E-state index in [1.54, 1.807) is 0 Å².